The van der Waals surface area contributed by atoms with Crippen LogP contribution >= 0.6 is 22.7 Å². The molecule has 0 aliphatic rings. The van der Waals surface area contributed by atoms with Crippen molar-refractivity contribution in [1.29, 1.82) is 0 Å². The van der Waals surface area contributed by atoms with E-state index >= 15 is 0 Å². The normalized spacial score (nSPS) is 13.0. The second-order valence-electron chi connectivity index (χ2n) is 10.1. The molecule has 0 unspecified atom stereocenters. The van der Waals surface area contributed by atoms with Crippen LogP contribution < -0.4 is 13.7 Å². The van der Waals surface area contributed by atoms with Crippen molar-refractivity contribution >= 4 is 79.1 Å². The molecule has 0 saturated carbocycles. The Hall–Kier alpha value is -1.94. The van der Waals surface area contributed by atoms with Gasteiger partial charge in [-0.25, -0.2) is 4.98 Å². The van der Waals surface area contributed by atoms with E-state index in [9.17, 15) is 0 Å². The van der Waals surface area contributed by atoms with Gasteiger partial charge in [-0.1, -0.05) is 39.3 Å². The van der Waals surface area contributed by atoms with E-state index in [0.29, 0.717) is 5.89 Å². The molecule has 3 heterocycles. The van der Waals surface area contributed by atoms with Gasteiger partial charge in [0.05, 0.1) is 32.7 Å². The average Bonchev–Trinajstić information content (AvgIpc) is 3.41. The van der Waals surface area contributed by atoms with Gasteiger partial charge in [0.15, 0.2) is 5.58 Å². The maximum Gasteiger partial charge on any atom is 0.227 e. The molecule has 7 heteroatoms. The van der Waals surface area contributed by atoms with Crippen LogP contribution in [0.2, 0.25) is 39.3 Å². The lowest BCUT2D eigenvalue weighted by Gasteiger charge is -2.12. The van der Waals surface area contributed by atoms with Gasteiger partial charge in [0, 0.05) is 16.3 Å². The van der Waals surface area contributed by atoms with E-state index in [1.54, 1.807) is 7.11 Å². The number of nitrogens with zero attached hydrogens (tertiary/aromatic N) is 1. The smallest absolute Gasteiger partial charge is 0.227 e. The minimum atomic E-state index is -1.43. The maximum atomic E-state index is 6.46. The Morgan fingerprint density at radius 1 is 0.806 bits per heavy atom. The van der Waals surface area contributed by atoms with Crippen LogP contribution in [0.5, 0.6) is 5.75 Å². The molecular formula is C24H27NO2S2Si2. The Kier molecular flexibility index (Phi) is 4.75. The SMILES string of the molecule is COc1ccc(-c2nc3c4cc([Si](C)(C)C)sc4c4sc([Si](C)(C)C)cc4c3o2)cc1. The van der Waals surface area contributed by atoms with Crippen molar-refractivity contribution in [2.75, 3.05) is 7.11 Å². The van der Waals surface area contributed by atoms with Gasteiger partial charge in [-0.05, 0) is 45.4 Å². The summed E-state index contributed by atoms with van der Waals surface area (Å²) in [5, 5.41) is 2.47. The third-order valence-corrected chi connectivity index (χ3v) is 15.2. The number of methoxy groups -OCH3 is 1. The van der Waals surface area contributed by atoms with Crippen LogP contribution in [0.4, 0.5) is 0 Å². The van der Waals surface area contributed by atoms with Crippen LogP contribution in [0.1, 0.15) is 0 Å². The zero-order chi connectivity index (χ0) is 22.1. The van der Waals surface area contributed by atoms with Crippen molar-refractivity contribution in [3.05, 3.63) is 36.4 Å². The third-order valence-electron chi connectivity index (χ3n) is 5.61. The Balaban J connectivity index is 1.85. The standard InChI is InChI=1S/C24H27NO2S2Si2/c1-26-15-10-8-14(9-11-15)24-25-20-16-12-18(30(2,3)4)28-22(16)23-17(21(20)27-24)13-19(29-23)31(5,6)7/h8-13H,1-7H3. The summed E-state index contributed by atoms with van der Waals surface area (Å²) in [4.78, 5) is 5.01. The Bertz CT molecular complexity index is 1350. The van der Waals surface area contributed by atoms with Gasteiger partial charge in [0.25, 0.3) is 0 Å². The topological polar surface area (TPSA) is 35.3 Å². The molecule has 0 spiro atoms. The molecule has 5 rings (SSSR count). The summed E-state index contributed by atoms with van der Waals surface area (Å²) in [7, 11) is -1.18. The van der Waals surface area contributed by atoms with Crippen molar-refractivity contribution in [3.8, 4) is 17.2 Å². The van der Waals surface area contributed by atoms with E-state index in [-0.39, 0.29) is 0 Å². The highest BCUT2D eigenvalue weighted by Gasteiger charge is 2.27. The number of aromatic nitrogens is 1. The average molecular weight is 482 g/mol. The van der Waals surface area contributed by atoms with Crippen molar-refractivity contribution < 1.29 is 9.15 Å². The second-order valence-corrected chi connectivity index (χ2v) is 23.0. The van der Waals surface area contributed by atoms with E-state index in [1.807, 2.05) is 46.9 Å². The van der Waals surface area contributed by atoms with Gasteiger partial charge in [0.1, 0.15) is 11.3 Å². The van der Waals surface area contributed by atoms with Crippen LogP contribution in [0.3, 0.4) is 0 Å². The largest absolute Gasteiger partial charge is 0.497 e. The quantitative estimate of drug-likeness (QED) is 0.259. The second kappa shape index (κ2) is 7.03. The lowest BCUT2D eigenvalue weighted by Crippen LogP contribution is -2.34. The van der Waals surface area contributed by atoms with Crippen molar-refractivity contribution in [1.82, 2.24) is 4.98 Å². The van der Waals surface area contributed by atoms with Gasteiger partial charge in [-0.2, -0.15) is 0 Å². The summed E-state index contributed by atoms with van der Waals surface area (Å²) in [5.74, 6) is 1.51. The van der Waals surface area contributed by atoms with Gasteiger partial charge < -0.3 is 9.15 Å². The monoisotopic (exact) mass is 481 g/mol. The molecule has 2 aromatic carbocycles. The van der Waals surface area contributed by atoms with E-state index in [4.69, 9.17) is 14.1 Å². The van der Waals surface area contributed by atoms with Crippen LogP contribution in [0.25, 0.3) is 42.7 Å². The minimum absolute atomic E-state index is 0.674. The molecule has 160 valence electrons. The predicted octanol–water partition coefficient (Wildman–Crippen LogP) is 7.02. The summed E-state index contributed by atoms with van der Waals surface area (Å²) >= 11 is 3.94. The van der Waals surface area contributed by atoms with Crippen molar-refractivity contribution in [3.63, 3.8) is 0 Å². The molecule has 3 nitrogen and oxygen atoms in total. The fraction of sp³-hybridized carbons (Fsp3) is 0.292. The molecule has 5 aromatic rings. The summed E-state index contributed by atoms with van der Waals surface area (Å²) in [5.41, 5.74) is 2.89. The first-order valence-corrected chi connectivity index (χ1v) is 19.1. The number of rotatable bonds is 4. The molecular weight excluding hydrogens is 455 g/mol. The zero-order valence-corrected chi connectivity index (χ0v) is 22.7. The van der Waals surface area contributed by atoms with Gasteiger partial charge in [-0.15, -0.1) is 22.7 Å². The molecule has 0 amide bonds. The van der Waals surface area contributed by atoms with Gasteiger partial charge in [0.2, 0.25) is 5.89 Å². The Labute approximate surface area is 192 Å². The highest BCUT2D eigenvalue weighted by Crippen LogP contribution is 2.42. The molecule has 0 aliphatic carbocycles. The third kappa shape index (κ3) is 3.48. The van der Waals surface area contributed by atoms with Gasteiger partial charge in [-0.3, -0.25) is 0 Å². The van der Waals surface area contributed by atoms with Crippen LogP contribution in [0, 0.1) is 0 Å². The fourth-order valence-corrected chi connectivity index (χ4v) is 9.94. The van der Waals surface area contributed by atoms with E-state index in [1.165, 1.54) is 29.2 Å². The summed E-state index contributed by atoms with van der Waals surface area (Å²) in [6.45, 7) is 14.5. The summed E-state index contributed by atoms with van der Waals surface area (Å²) in [6, 6.07) is 12.7. The van der Waals surface area contributed by atoms with Gasteiger partial charge >= 0.3 is 0 Å². The summed E-state index contributed by atoms with van der Waals surface area (Å²) < 4.78 is 17.5. The molecule has 0 atom stereocenters. The lowest BCUT2D eigenvalue weighted by atomic mass is 10.2. The lowest BCUT2D eigenvalue weighted by molar-refractivity contribution is 0.415. The molecule has 3 aromatic heterocycles. The van der Waals surface area contributed by atoms with Crippen molar-refractivity contribution in [2.24, 2.45) is 0 Å². The predicted molar refractivity (Wildman–Crippen MR) is 143 cm³/mol. The number of thiophene rings is 2. The molecule has 0 saturated heterocycles. The molecule has 0 fully saturated rings. The number of ether oxygens (including phenoxy) is 1. The van der Waals surface area contributed by atoms with E-state index < -0.39 is 16.1 Å². The van der Waals surface area contributed by atoms with E-state index in [0.717, 1.165) is 22.4 Å². The number of benzene rings is 2. The van der Waals surface area contributed by atoms with Crippen LogP contribution in [-0.4, -0.2) is 28.2 Å². The minimum Gasteiger partial charge on any atom is -0.497 e. The molecule has 31 heavy (non-hydrogen) atoms. The fourth-order valence-electron chi connectivity index (χ4n) is 3.75. The highest BCUT2D eigenvalue weighted by atomic mass is 32.1. The highest BCUT2D eigenvalue weighted by molar-refractivity contribution is 7.37. The molecule has 0 aliphatic heterocycles. The molecule has 0 bridgehead atoms. The molecule has 0 N–H and O–H groups in total. The first-order valence-electron chi connectivity index (χ1n) is 10.5. The van der Waals surface area contributed by atoms with Crippen LogP contribution in [0.15, 0.2) is 40.8 Å². The number of hydrogen-bond donors (Lipinski definition) is 0. The van der Waals surface area contributed by atoms with Crippen LogP contribution in [-0.2, 0) is 0 Å². The Morgan fingerprint density at radius 3 is 1.90 bits per heavy atom. The maximum absolute atomic E-state index is 6.46. The number of fused-ring (bicyclic) bond motifs is 6. The molecule has 0 radical (unpaired) electrons. The summed E-state index contributed by atoms with van der Waals surface area (Å²) in [6.07, 6.45) is 0. The zero-order valence-electron chi connectivity index (χ0n) is 19.0. The first kappa shape index (κ1) is 20.9. The Morgan fingerprint density at radius 2 is 1.35 bits per heavy atom. The number of oxazole rings is 1. The van der Waals surface area contributed by atoms with Crippen molar-refractivity contribution in [2.45, 2.75) is 39.3 Å². The number of hydrogen-bond acceptors (Lipinski definition) is 5. The van der Waals surface area contributed by atoms with E-state index in [2.05, 4.69) is 51.4 Å². The first-order chi connectivity index (χ1) is 14.6.